The Kier molecular flexibility index (Phi) is 5.80. The van der Waals surface area contributed by atoms with Gasteiger partial charge in [-0.3, -0.25) is 19.7 Å². The molecule has 1 aliphatic heterocycles. The number of anilines is 1. The summed E-state index contributed by atoms with van der Waals surface area (Å²) in [6.45, 7) is 1.81. The van der Waals surface area contributed by atoms with Crippen LogP contribution in [0.25, 0.3) is 0 Å². The van der Waals surface area contributed by atoms with Crippen LogP contribution in [0.1, 0.15) is 13.3 Å². The highest BCUT2D eigenvalue weighted by Crippen LogP contribution is 2.29. The van der Waals surface area contributed by atoms with Gasteiger partial charge >= 0.3 is 11.8 Å². The average Bonchev–Trinajstić information content (AvgIpc) is 2.94. The zero-order chi connectivity index (χ0) is 19.5. The summed E-state index contributed by atoms with van der Waals surface area (Å²) in [5.41, 5.74) is -0.294. The Morgan fingerprint density at radius 1 is 1.42 bits per heavy atom. The minimum Gasteiger partial charge on any atom is -0.495 e. The van der Waals surface area contributed by atoms with Gasteiger partial charge < -0.3 is 15.0 Å². The van der Waals surface area contributed by atoms with E-state index >= 15 is 0 Å². The van der Waals surface area contributed by atoms with Crippen molar-refractivity contribution in [1.29, 1.82) is 0 Å². The lowest BCUT2D eigenvalue weighted by molar-refractivity contribution is -0.384. The van der Waals surface area contributed by atoms with Gasteiger partial charge in [0.25, 0.3) is 5.69 Å². The smallest absolute Gasteiger partial charge is 0.314 e. The standard InChI is InChI=1S/C15H19N3O7S/c1-3-17(11-6-7-26(23,24)9-11)15(20)14(19)16-12-8-10(18(21)22)4-5-13(12)25-2/h4-5,8,11H,3,6-7,9H2,1-2H3,(H,16,19). The normalized spacial score (nSPS) is 18.2. The third-order valence-corrected chi connectivity index (χ3v) is 5.84. The van der Waals surface area contributed by atoms with Gasteiger partial charge in [0.1, 0.15) is 5.75 Å². The van der Waals surface area contributed by atoms with E-state index in [-0.39, 0.29) is 41.6 Å². The van der Waals surface area contributed by atoms with Crippen LogP contribution >= 0.6 is 0 Å². The van der Waals surface area contributed by atoms with Gasteiger partial charge in [-0.15, -0.1) is 0 Å². The van der Waals surface area contributed by atoms with Crippen molar-refractivity contribution in [2.75, 3.05) is 30.5 Å². The molecule has 0 aliphatic carbocycles. The second-order valence-corrected chi connectivity index (χ2v) is 7.97. The molecular formula is C15H19N3O7S. The Hall–Kier alpha value is -2.69. The molecule has 2 rings (SSSR count). The van der Waals surface area contributed by atoms with Gasteiger partial charge in [0.15, 0.2) is 9.84 Å². The Bertz CT molecular complexity index is 838. The van der Waals surface area contributed by atoms with Crippen molar-refractivity contribution in [1.82, 2.24) is 4.90 Å². The van der Waals surface area contributed by atoms with Crippen LogP contribution < -0.4 is 10.1 Å². The number of nitrogens with one attached hydrogen (secondary N) is 1. The Morgan fingerprint density at radius 2 is 2.12 bits per heavy atom. The number of methoxy groups -OCH3 is 1. The first-order valence-corrected chi connectivity index (χ1v) is 9.65. The molecule has 10 nitrogen and oxygen atoms in total. The monoisotopic (exact) mass is 385 g/mol. The number of nitrogens with zero attached hydrogens (tertiary/aromatic N) is 2. The van der Waals surface area contributed by atoms with Crippen LogP contribution in [0.2, 0.25) is 0 Å². The first-order valence-electron chi connectivity index (χ1n) is 7.83. The van der Waals surface area contributed by atoms with Gasteiger partial charge in [-0.2, -0.15) is 0 Å². The Morgan fingerprint density at radius 3 is 2.62 bits per heavy atom. The second kappa shape index (κ2) is 7.68. The lowest BCUT2D eigenvalue weighted by Crippen LogP contribution is -2.46. The van der Waals surface area contributed by atoms with Gasteiger partial charge in [-0.05, 0) is 19.4 Å². The van der Waals surface area contributed by atoms with Crippen molar-refractivity contribution >= 4 is 33.0 Å². The van der Waals surface area contributed by atoms with Crippen LogP contribution in [-0.2, 0) is 19.4 Å². The van der Waals surface area contributed by atoms with E-state index in [1.54, 1.807) is 6.92 Å². The fraction of sp³-hybridized carbons (Fsp3) is 0.467. The van der Waals surface area contributed by atoms with Crippen LogP contribution in [0.15, 0.2) is 18.2 Å². The summed E-state index contributed by atoms with van der Waals surface area (Å²) in [5, 5.41) is 13.2. The van der Waals surface area contributed by atoms with Crippen LogP contribution in [-0.4, -0.2) is 61.3 Å². The van der Waals surface area contributed by atoms with Gasteiger partial charge in [0, 0.05) is 24.7 Å². The van der Waals surface area contributed by atoms with Gasteiger partial charge in [0.05, 0.1) is 29.2 Å². The van der Waals surface area contributed by atoms with E-state index in [0.29, 0.717) is 0 Å². The second-order valence-electron chi connectivity index (χ2n) is 5.74. The van der Waals surface area contributed by atoms with Crippen LogP contribution in [0.5, 0.6) is 5.75 Å². The Labute approximate surface area is 150 Å². The summed E-state index contributed by atoms with van der Waals surface area (Å²) in [4.78, 5) is 36.2. The van der Waals surface area contributed by atoms with Crippen molar-refractivity contribution in [3.8, 4) is 5.75 Å². The van der Waals surface area contributed by atoms with Crippen molar-refractivity contribution in [3.63, 3.8) is 0 Å². The predicted molar refractivity (Wildman–Crippen MR) is 92.7 cm³/mol. The van der Waals surface area contributed by atoms with E-state index in [1.165, 1.54) is 24.1 Å². The number of amides is 2. The summed E-state index contributed by atoms with van der Waals surface area (Å²) in [6, 6.07) is 3.04. The molecule has 1 saturated heterocycles. The number of sulfone groups is 1. The minimum absolute atomic E-state index is 0.0184. The number of carbonyl (C=O) groups is 2. The molecule has 2 amide bonds. The molecule has 0 saturated carbocycles. The highest BCUT2D eigenvalue weighted by Gasteiger charge is 2.36. The molecule has 26 heavy (non-hydrogen) atoms. The SMILES string of the molecule is CCN(C(=O)C(=O)Nc1cc([N+](=O)[O-])ccc1OC)C1CCS(=O)(=O)C1. The fourth-order valence-electron chi connectivity index (χ4n) is 2.80. The number of nitro groups is 1. The highest BCUT2D eigenvalue weighted by atomic mass is 32.2. The number of benzene rings is 1. The molecule has 0 radical (unpaired) electrons. The van der Waals surface area contributed by atoms with E-state index in [0.717, 1.165) is 6.07 Å². The summed E-state index contributed by atoms with van der Waals surface area (Å²) in [6.07, 6.45) is 0.273. The molecule has 1 aromatic carbocycles. The van der Waals surface area contributed by atoms with E-state index < -0.39 is 32.6 Å². The summed E-state index contributed by atoms with van der Waals surface area (Å²) in [5.74, 6) is -1.97. The van der Waals surface area contributed by atoms with E-state index in [2.05, 4.69) is 5.32 Å². The zero-order valence-corrected chi connectivity index (χ0v) is 15.1. The lowest BCUT2D eigenvalue weighted by Gasteiger charge is -2.26. The molecule has 1 N–H and O–H groups in total. The zero-order valence-electron chi connectivity index (χ0n) is 14.3. The number of nitro benzene ring substituents is 1. The van der Waals surface area contributed by atoms with Crippen molar-refractivity contribution in [3.05, 3.63) is 28.3 Å². The van der Waals surface area contributed by atoms with Crippen LogP contribution in [0.3, 0.4) is 0 Å². The van der Waals surface area contributed by atoms with Crippen molar-refractivity contribution in [2.45, 2.75) is 19.4 Å². The molecule has 0 spiro atoms. The van der Waals surface area contributed by atoms with Crippen molar-refractivity contribution < 1.29 is 27.7 Å². The van der Waals surface area contributed by atoms with Crippen LogP contribution in [0.4, 0.5) is 11.4 Å². The number of rotatable bonds is 5. The topological polar surface area (TPSA) is 136 Å². The number of hydrogen-bond acceptors (Lipinski definition) is 7. The van der Waals surface area contributed by atoms with Gasteiger partial charge in [-0.1, -0.05) is 0 Å². The van der Waals surface area contributed by atoms with E-state index in [1.807, 2.05) is 0 Å². The molecule has 11 heteroatoms. The third-order valence-electron chi connectivity index (χ3n) is 4.09. The molecule has 0 aromatic heterocycles. The molecule has 142 valence electrons. The first kappa shape index (κ1) is 19.6. The third kappa shape index (κ3) is 4.28. The average molecular weight is 385 g/mol. The molecular weight excluding hydrogens is 366 g/mol. The quantitative estimate of drug-likeness (QED) is 0.445. The minimum atomic E-state index is -3.22. The number of hydrogen-bond donors (Lipinski definition) is 1. The maximum absolute atomic E-state index is 12.4. The lowest BCUT2D eigenvalue weighted by atomic mass is 10.2. The number of carbonyl (C=O) groups excluding carboxylic acids is 2. The maximum atomic E-state index is 12.4. The highest BCUT2D eigenvalue weighted by molar-refractivity contribution is 7.91. The van der Waals surface area contributed by atoms with Gasteiger partial charge in [-0.25, -0.2) is 8.42 Å². The molecule has 1 fully saturated rings. The van der Waals surface area contributed by atoms with Crippen LogP contribution in [0, 0.1) is 10.1 Å². The maximum Gasteiger partial charge on any atom is 0.314 e. The van der Waals surface area contributed by atoms with Crippen molar-refractivity contribution in [2.24, 2.45) is 0 Å². The molecule has 1 unspecified atom stereocenters. The van der Waals surface area contributed by atoms with E-state index in [9.17, 15) is 28.1 Å². The molecule has 1 aliphatic rings. The van der Waals surface area contributed by atoms with E-state index in [4.69, 9.17) is 4.74 Å². The number of non-ortho nitro benzene ring substituents is 1. The molecule has 0 bridgehead atoms. The molecule has 1 aromatic rings. The number of likely N-dealkylation sites (N-methyl/N-ethyl adjacent to an activating group) is 1. The Balaban J connectivity index is 2.19. The summed E-state index contributed by atoms with van der Waals surface area (Å²) < 4.78 is 28.3. The summed E-state index contributed by atoms with van der Waals surface area (Å²) in [7, 11) is -1.90. The number of ether oxygens (including phenoxy) is 1. The molecule has 1 heterocycles. The molecule has 1 atom stereocenters. The van der Waals surface area contributed by atoms with Gasteiger partial charge in [0.2, 0.25) is 0 Å². The fourth-order valence-corrected chi connectivity index (χ4v) is 4.53. The summed E-state index contributed by atoms with van der Waals surface area (Å²) >= 11 is 0. The predicted octanol–water partition coefficient (Wildman–Crippen LogP) is 0.577. The largest absolute Gasteiger partial charge is 0.495 e. The first-order chi connectivity index (χ1) is 12.2.